The summed E-state index contributed by atoms with van der Waals surface area (Å²) >= 11 is 0. The minimum atomic E-state index is -0.152. The van der Waals surface area contributed by atoms with Gasteiger partial charge in [-0.15, -0.1) is 4.98 Å². The third-order valence-corrected chi connectivity index (χ3v) is 2.54. The van der Waals surface area contributed by atoms with Gasteiger partial charge in [0.05, 0.1) is 27.2 Å². The topological polar surface area (TPSA) is 99.1 Å². The molecule has 0 radical (unpaired) electrons. The van der Waals surface area contributed by atoms with Gasteiger partial charge >= 0.3 is 12.0 Å². The molecule has 0 aliphatic carbocycles. The molecule has 2 aromatic rings. The smallest absolute Gasteiger partial charge is 0.322 e. The van der Waals surface area contributed by atoms with Crippen LogP contribution in [0, 0.1) is 0 Å². The summed E-state index contributed by atoms with van der Waals surface area (Å²) in [6.45, 7) is 0.161. The summed E-state index contributed by atoms with van der Waals surface area (Å²) in [4.78, 5) is 27.7. The number of carbonyl (C=O) groups excluding carboxylic acids is 1. The lowest BCUT2D eigenvalue weighted by Gasteiger charge is -2.06. The number of aromatic nitrogens is 4. The SMILES string of the molecule is COc1nc(CNC(=O)Cc2cccnc2)nc(OC)n1. The third kappa shape index (κ3) is 4.37. The Morgan fingerprint density at radius 1 is 1.19 bits per heavy atom. The average molecular weight is 289 g/mol. The summed E-state index contributed by atoms with van der Waals surface area (Å²) in [7, 11) is 2.89. The van der Waals surface area contributed by atoms with E-state index in [-0.39, 0.29) is 30.9 Å². The lowest BCUT2D eigenvalue weighted by Crippen LogP contribution is -2.25. The first-order valence-corrected chi connectivity index (χ1v) is 6.20. The summed E-state index contributed by atoms with van der Waals surface area (Å²) in [5.74, 6) is 0.208. The van der Waals surface area contributed by atoms with E-state index in [0.29, 0.717) is 5.82 Å². The molecule has 110 valence electrons. The van der Waals surface area contributed by atoms with Crippen molar-refractivity contribution in [2.75, 3.05) is 14.2 Å². The maximum atomic E-state index is 11.8. The van der Waals surface area contributed by atoms with Gasteiger partial charge in [-0.05, 0) is 11.6 Å². The highest BCUT2D eigenvalue weighted by molar-refractivity contribution is 5.78. The van der Waals surface area contributed by atoms with Crippen molar-refractivity contribution >= 4 is 5.91 Å². The fourth-order valence-electron chi connectivity index (χ4n) is 1.57. The molecule has 0 aliphatic rings. The number of carbonyl (C=O) groups is 1. The Morgan fingerprint density at radius 3 is 2.48 bits per heavy atom. The molecule has 2 rings (SSSR count). The molecule has 8 nitrogen and oxygen atoms in total. The zero-order valence-corrected chi connectivity index (χ0v) is 11.7. The fourth-order valence-corrected chi connectivity index (χ4v) is 1.57. The van der Waals surface area contributed by atoms with Crippen LogP contribution in [0.3, 0.4) is 0 Å². The van der Waals surface area contributed by atoms with Crippen molar-refractivity contribution in [1.29, 1.82) is 0 Å². The number of ether oxygens (including phenoxy) is 2. The normalized spacial score (nSPS) is 10.0. The van der Waals surface area contributed by atoms with E-state index < -0.39 is 0 Å². The second-order valence-corrected chi connectivity index (χ2v) is 4.04. The van der Waals surface area contributed by atoms with Crippen molar-refractivity contribution in [3.05, 3.63) is 35.9 Å². The van der Waals surface area contributed by atoms with Gasteiger partial charge in [-0.2, -0.15) is 9.97 Å². The van der Waals surface area contributed by atoms with Crippen LogP contribution in [0.25, 0.3) is 0 Å². The Bertz CT molecular complexity index is 584. The number of rotatable bonds is 6. The van der Waals surface area contributed by atoms with E-state index in [4.69, 9.17) is 9.47 Å². The zero-order chi connectivity index (χ0) is 15.1. The lowest BCUT2D eigenvalue weighted by atomic mass is 10.2. The predicted octanol–water partition coefficient (Wildman–Crippen LogP) is 0.143. The molecular weight excluding hydrogens is 274 g/mol. The van der Waals surface area contributed by atoms with E-state index in [1.54, 1.807) is 18.5 Å². The van der Waals surface area contributed by atoms with Crippen LogP contribution >= 0.6 is 0 Å². The highest BCUT2D eigenvalue weighted by atomic mass is 16.5. The van der Waals surface area contributed by atoms with Gasteiger partial charge in [0.25, 0.3) is 0 Å². The molecule has 8 heteroatoms. The molecule has 0 saturated carbocycles. The first kappa shape index (κ1) is 14.6. The number of amides is 1. The summed E-state index contributed by atoms with van der Waals surface area (Å²) in [5.41, 5.74) is 0.834. The molecule has 0 aromatic carbocycles. The summed E-state index contributed by atoms with van der Waals surface area (Å²) in [5, 5.41) is 2.72. The van der Waals surface area contributed by atoms with E-state index >= 15 is 0 Å². The average Bonchev–Trinajstić information content (AvgIpc) is 2.53. The van der Waals surface area contributed by atoms with Crippen molar-refractivity contribution in [2.45, 2.75) is 13.0 Å². The van der Waals surface area contributed by atoms with Gasteiger partial charge in [0.1, 0.15) is 0 Å². The molecule has 0 saturated heterocycles. The maximum absolute atomic E-state index is 11.8. The number of pyridine rings is 1. The largest absolute Gasteiger partial charge is 0.467 e. The molecule has 0 fully saturated rings. The van der Waals surface area contributed by atoms with Crippen LogP contribution in [0.15, 0.2) is 24.5 Å². The molecule has 1 amide bonds. The third-order valence-electron chi connectivity index (χ3n) is 2.54. The second-order valence-electron chi connectivity index (χ2n) is 4.04. The maximum Gasteiger partial charge on any atom is 0.322 e. The van der Waals surface area contributed by atoms with Crippen molar-refractivity contribution in [1.82, 2.24) is 25.3 Å². The van der Waals surface area contributed by atoms with Gasteiger partial charge in [0.2, 0.25) is 5.91 Å². The molecule has 2 heterocycles. The standard InChI is InChI=1S/C13H15N5O3/c1-20-12-16-10(17-13(18-12)21-2)8-15-11(19)6-9-4-3-5-14-7-9/h3-5,7H,6,8H2,1-2H3,(H,15,19). The highest BCUT2D eigenvalue weighted by Gasteiger charge is 2.09. The van der Waals surface area contributed by atoms with Crippen LogP contribution in [0.1, 0.15) is 11.4 Å². The van der Waals surface area contributed by atoms with Crippen molar-refractivity contribution in [3.8, 4) is 12.0 Å². The van der Waals surface area contributed by atoms with Gasteiger partial charge in [-0.1, -0.05) is 6.07 Å². The Labute approximate surface area is 121 Å². The molecule has 0 aliphatic heterocycles. The molecule has 1 N–H and O–H groups in total. The molecule has 0 unspecified atom stereocenters. The number of methoxy groups -OCH3 is 2. The van der Waals surface area contributed by atoms with Crippen LogP contribution in [-0.4, -0.2) is 40.1 Å². The minimum absolute atomic E-state index is 0.137. The van der Waals surface area contributed by atoms with Gasteiger partial charge in [-0.25, -0.2) is 0 Å². The van der Waals surface area contributed by atoms with Crippen LogP contribution in [0.4, 0.5) is 0 Å². The molecule has 0 bridgehead atoms. The minimum Gasteiger partial charge on any atom is -0.467 e. The Balaban J connectivity index is 1.94. The number of hydrogen-bond acceptors (Lipinski definition) is 7. The first-order valence-electron chi connectivity index (χ1n) is 6.20. The van der Waals surface area contributed by atoms with Crippen molar-refractivity contribution in [3.63, 3.8) is 0 Å². The van der Waals surface area contributed by atoms with E-state index in [0.717, 1.165) is 5.56 Å². The first-order chi connectivity index (χ1) is 10.2. The summed E-state index contributed by atoms with van der Waals surface area (Å²) in [6, 6.07) is 3.89. The molecule has 0 spiro atoms. The summed E-state index contributed by atoms with van der Waals surface area (Å²) < 4.78 is 9.87. The molecule has 21 heavy (non-hydrogen) atoms. The lowest BCUT2D eigenvalue weighted by molar-refractivity contribution is -0.120. The van der Waals surface area contributed by atoms with Crippen molar-refractivity contribution < 1.29 is 14.3 Å². The zero-order valence-electron chi connectivity index (χ0n) is 11.7. The fraction of sp³-hybridized carbons (Fsp3) is 0.308. The molecular formula is C13H15N5O3. The number of nitrogens with zero attached hydrogens (tertiary/aromatic N) is 4. The highest BCUT2D eigenvalue weighted by Crippen LogP contribution is 2.08. The number of hydrogen-bond donors (Lipinski definition) is 1. The van der Waals surface area contributed by atoms with E-state index in [9.17, 15) is 4.79 Å². The Hall–Kier alpha value is -2.77. The van der Waals surface area contributed by atoms with Crippen molar-refractivity contribution in [2.24, 2.45) is 0 Å². The predicted molar refractivity (Wildman–Crippen MR) is 72.7 cm³/mol. The number of nitrogens with one attached hydrogen (secondary N) is 1. The van der Waals surface area contributed by atoms with E-state index in [1.807, 2.05) is 6.07 Å². The van der Waals surface area contributed by atoms with Gasteiger partial charge in [-0.3, -0.25) is 9.78 Å². The van der Waals surface area contributed by atoms with Crippen LogP contribution in [-0.2, 0) is 17.8 Å². The van der Waals surface area contributed by atoms with Gasteiger partial charge < -0.3 is 14.8 Å². The van der Waals surface area contributed by atoms with Crippen LogP contribution in [0.2, 0.25) is 0 Å². The quantitative estimate of drug-likeness (QED) is 0.807. The Morgan fingerprint density at radius 2 is 1.90 bits per heavy atom. The van der Waals surface area contributed by atoms with Gasteiger partial charge in [0, 0.05) is 12.4 Å². The summed E-state index contributed by atoms with van der Waals surface area (Å²) in [6.07, 6.45) is 3.55. The molecule has 2 aromatic heterocycles. The van der Waals surface area contributed by atoms with Gasteiger partial charge in [0.15, 0.2) is 5.82 Å². The Kier molecular flexibility index (Phi) is 4.97. The van der Waals surface area contributed by atoms with E-state index in [1.165, 1.54) is 14.2 Å². The van der Waals surface area contributed by atoms with Crippen LogP contribution in [0.5, 0.6) is 12.0 Å². The second kappa shape index (κ2) is 7.13. The van der Waals surface area contributed by atoms with E-state index in [2.05, 4.69) is 25.3 Å². The van der Waals surface area contributed by atoms with Crippen LogP contribution < -0.4 is 14.8 Å². The molecule has 0 atom stereocenters. The monoisotopic (exact) mass is 289 g/mol.